The zero-order chi connectivity index (χ0) is 20.4. The van der Waals surface area contributed by atoms with Gasteiger partial charge in [0.2, 0.25) is 5.91 Å². The molecule has 150 valence electrons. The molecular weight excluding hydrogens is 366 g/mol. The number of hydrogen-bond acceptors (Lipinski definition) is 3. The number of rotatable bonds is 7. The molecule has 1 fully saturated rings. The van der Waals surface area contributed by atoms with Gasteiger partial charge in [-0.15, -0.1) is 0 Å². The van der Waals surface area contributed by atoms with Crippen molar-refractivity contribution in [3.63, 3.8) is 0 Å². The van der Waals surface area contributed by atoms with Gasteiger partial charge in [0.15, 0.2) is 6.04 Å². The van der Waals surface area contributed by atoms with Crippen LogP contribution in [0.4, 0.5) is 5.69 Å². The third kappa shape index (κ3) is 3.89. The highest BCUT2D eigenvalue weighted by atomic mass is 16.5. The van der Waals surface area contributed by atoms with Crippen molar-refractivity contribution < 1.29 is 19.6 Å². The Kier molecular flexibility index (Phi) is 5.36. The zero-order valence-electron chi connectivity index (χ0n) is 16.8. The lowest BCUT2D eigenvalue weighted by molar-refractivity contribution is -0.674. The molecule has 2 aromatic carbocycles. The molecule has 6 heteroatoms. The smallest absolute Gasteiger partial charge is 0.292 e. The number of benzene rings is 2. The second-order valence-electron chi connectivity index (χ2n) is 7.44. The Labute approximate surface area is 169 Å². The molecule has 3 N–H and O–H groups in total. The number of nitrogens with one attached hydrogen (secondary N) is 1. The number of carbonyl (C=O) groups is 2. The molecule has 29 heavy (non-hydrogen) atoms. The molecule has 2 amide bonds. The largest absolute Gasteiger partial charge is 0.494 e. The van der Waals surface area contributed by atoms with E-state index in [1.54, 1.807) is 24.3 Å². The molecule has 1 aromatic heterocycles. The fourth-order valence-corrected chi connectivity index (χ4v) is 3.91. The molecule has 6 nitrogen and oxygen atoms in total. The Morgan fingerprint density at radius 2 is 1.97 bits per heavy atom. The summed E-state index contributed by atoms with van der Waals surface area (Å²) < 4.78 is 5.43. The number of nitrogens with zero attached hydrogens (tertiary/aromatic N) is 1. The molecule has 1 aliphatic rings. The predicted molar refractivity (Wildman–Crippen MR) is 112 cm³/mol. The van der Waals surface area contributed by atoms with Crippen molar-refractivity contribution >= 4 is 28.4 Å². The topological polar surface area (TPSA) is 79.0 Å². The SMILES string of the molecule is CCOc1ccc(N2C(=O)C[C@@H]([NH2+]CCc3c[nH]c4ccc(C)cc34)C2=O)cc1. The van der Waals surface area contributed by atoms with Gasteiger partial charge in [-0.3, -0.25) is 9.59 Å². The summed E-state index contributed by atoms with van der Waals surface area (Å²) in [5.41, 5.74) is 4.19. The summed E-state index contributed by atoms with van der Waals surface area (Å²) in [5.74, 6) is 0.435. The van der Waals surface area contributed by atoms with Crippen LogP contribution in [-0.2, 0) is 16.0 Å². The quantitative estimate of drug-likeness (QED) is 0.606. The summed E-state index contributed by atoms with van der Waals surface area (Å²) in [7, 11) is 0. The van der Waals surface area contributed by atoms with Crippen LogP contribution < -0.4 is 15.0 Å². The summed E-state index contributed by atoms with van der Waals surface area (Å²) in [5, 5.41) is 3.21. The number of fused-ring (bicyclic) bond motifs is 1. The first-order valence-electron chi connectivity index (χ1n) is 10.1. The van der Waals surface area contributed by atoms with Crippen molar-refractivity contribution in [1.82, 2.24) is 4.98 Å². The van der Waals surface area contributed by atoms with Gasteiger partial charge in [-0.1, -0.05) is 11.6 Å². The van der Waals surface area contributed by atoms with E-state index in [0.717, 1.165) is 24.2 Å². The van der Waals surface area contributed by atoms with Crippen LogP contribution in [0, 0.1) is 6.92 Å². The minimum absolute atomic E-state index is 0.145. The van der Waals surface area contributed by atoms with Crippen molar-refractivity contribution in [2.24, 2.45) is 0 Å². The van der Waals surface area contributed by atoms with Gasteiger partial charge in [-0.25, -0.2) is 4.90 Å². The molecular formula is C23H26N3O3+. The highest BCUT2D eigenvalue weighted by Crippen LogP contribution is 2.24. The van der Waals surface area contributed by atoms with Crippen LogP contribution in [0.2, 0.25) is 0 Å². The number of quaternary nitrogens is 1. The fourth-order valence-electron chi connectivity index (χ4n) is 3.91. The molecule has 0 unspecified atom stereocenters. The van der Waals surface area contributed by atoms with E-state index in [1.807, 2.05) is 18.4 Å². The third-order valence-electron chi connectivity index (χ3n) is 5.38. The molecule has 0 spiro atoms. The van der Waals surface area contributed by atoms with Crippen LogP contribution in [-0.4, -0.2) is 36.0 Å². The third-order valence-corrected chi connectivity index (χ3v) is 5.38. The standard InChI is InChI=1S/C23H25N3O3/c1-3-29-18-7-5-17(6-8-18)26-22(27)13-21(23(26)28)24-11-10-16-14-25-20-9-4-15(2)12-19(16)20/h4-9,12,14,21,24-25H,3,10-11,13H2,1-2H3/p+1/t21-/m1/s1. The minimum atomic E-state index is -0.360. The highest BCUT2D eigenvalue weighted by molar-refractivity contribution is 6.21. The van der Waals surface area contributed by atoms with Gasteiger partial charge in [0.1, 0.15) is 5.75 Å². The van der Waals surface area contributed by atoms with E-state index in [1.165, 1.54) is 21.4 Å². The van der Waals surface area contributed by atoms with Crippen LogP contribution in [0.1, 0.15) is 24.5 Å². The maximum Gasteiger partial charge on any atom is 0.292 e. The number of anilines is 1. The van der Waals surface area contributed by atoms with Crippen LogP contribution in [0.3, 0.4) is 0 Å². The normalized spacial score (nSPS) is 16.8. The first-order chi connectivity index (χ1) is 14.1. The maximum absolute atomic E-state index is 12.8. The maximum atomic E-state index is 12.8. The van der Waals surface area contributed by atoms with E-state index >= 15 is 0 Å². The van der Waals surface area contributed by atoms with Crippen molar-refractivity contribution in [1.29, 1.82) is 0 Å². The molecule has 1 saturated heterocycles. The van der Waals surface area contributed by atoms with E-state index in [4.69, 9.17) is 4.74 Å². The Morgan fingerprint density at radius 3 is 2.72 bits per heavy atom. The number of nitrogens with two attached hydrogens (primary N) is 1. The van der Waals surface area contributed by atoms with Crippen molar-refractivity contribution in [3.05, 3.63) is 59.8 Å². The molecule has 0 radical (unpaired) electrons. The van der Waals surface area contributed by atoms with Gasteiger partial charge in [0, 0.05) is 23.5 Å². The first kappa shape index (κ1) is 19.2. The number of imide groups is 1. The lowest BCUT2D eigenvalue weighted by atomic mass is 10.1. The van der Waals surface area contributed by atoms with Crippen molar-refractivity contribution in [3.8, 4) is 5.75 Å². The summed E-state index contributed by atoms with van der Waals surface area (Å²) in [6.45, 7) is 5.33. The summed E-state index contributed by atoms with van der Waals surface area (Å²) >= 11 is 0. The molecule has 1 atom stereocenters. The van der Waals surface area contributed by atoms with E-state index in [-0.39, 0.29) is 24.3 Å². The Hall–Kier alpha value is -3.12. The lowest BCUT2D eigenvalue weighted by Gasteiger charge is -2.15. The number of ether oxygens (including phenoxy) is 1. The summed E-state index contributed by atoms with van der Waals surface area (Å²) in [6, 6.07) is 13.1. The minimum Gasteiger partial charge on any atom is -0.494 e. The van der Waals surface area contributed by atoms with Gasteiger partial charge < -0.3 is 15.0 Å². The number of aromatic amines is 1. The van der Waals surface area contributed by atoms with Crippen molar-refractivity contribution in [2.75, 3.05) is 18.1 Å². The molecule has 4 rings (SSSR count). The molecule has 2 heterocycles. The lowest BCUT2D eigenvalue weighted by Crippen LogP contribution is -2.92. The number of hydrogen-bond donors (Lipinski definition) is 2. The summed E-state index contributed by atoms with van der Waals surface area (Å²) in [4.78, 5) is 29.9. The van der Waals surface area contributed by atoms with Crippen LogP contribution in [0.5, 0.6) is 5.75 Å². The predicted octanol–water partition coefficient (Wildman–Crippen LogP) is 2.31. The molecule has 3 aromatic rings. The highest BCUT2D eigenvalue weighted by Gasteiger charge is 2.42. The number of H-pyrrole nitrogens is 1. The second kappa shape index (κ2) is 8.09. The monoisotopic (exact) mass is 392 g/mol. The van der Waals surface area contributed by atoms with Gasteiger partial charge in [-0.2, -0.15) is 0 Å². The molecule has 0 aliphatic carbocycles. The molecule has 0 saturated carbocycles. The van der Waals surface area contributed by atoms with E-state index in [0.29, 0.717) is 12.3 Å². The average molecular weight is 392 g/mol. The van der Waals surface area contributed by atoms with Gasteiger partial charge in [-0.05, 0) is 55.8 Å². The first-order valence-corrected chi connectivity index (χ1v) is 10.1. The van der Waals surface area contributed by atoms with Crippen LogP contribution in [0.15, 0.2) is 48.7 Å². The van der Waals surface area contributed by atoms with Crippen molar-refractivity contribution in [2.45, 2.75) is 32.7 Å². The zero-order valence-corrected chi connectivity index (χ0v) is 16.8. The average Bonchev–Trinajstić information content (AvgIpc) is 3.23. The molecule has 1 aliphatic heterocycles. The Morgan fingerprint density at radius 1 is 1.17 bits per heavy atom. The number of aryl methyl sites for hydroxylation is 1. The van der Waals surface area contributed by atoms with Gasteiger partial charge >= 0.3 is 0 Å². The van der Waals surface area contributed by atoms with Crippen LogP contribution in [0.25, 0.3) is 10.9 Å². The van der Waals surface area contributed by atoms with E-state index in [2.05, 4.69) is 30.1 Å². The van der Waals surface area contributed by atoms with E-state index in [9.17, 15) is 9.59 Å². The number of aromatic nitrogens is 1. The van der Waals surface area contributed by atoms with Gasteiger partial charge in [0.25, 0.3) is 5.91 Å². The Bertz CT molecular complexity index is 1040. The molecule has 0 bridgehead atoms. The second-order valence-corrected chi connectivity index (χ2v) is 7.44. The van der Waals surface area contributed by atoms with Gasteiger partial charge in [0.05, 0.1) is 25.3 Å². The van der Waals surface area contributed by atoms with Crippen LogP contribution >= 0.6 is 0 Å². The fraction of sp³-hybridized carbons (Fsp3) is 0.304. The van der Waals surface area contributed by atoms with E-state index < -0.39 is 0 Å². The Balaban J connectivity index is 1.39. The number of carbonyl (C=O) groups excluding carboxylic acids is 2. The number of amides is 2. The summed E-state index contributed by atoms with van der Waals surface area (Å²) in [6.07, 6.45) is 3.11.